The van der Waals surface area contributed by atoms with Crippen LogP contribution in [-0.4, -0.2) is 23.6 Å². The van der Waals surface area contributed by atoms with E-state index in [0.717, 1.165) is 38.5 Å². The van der Waals surface area contributed by atoms with E-state index >= 15 is 0 Å². The highest BCUT2D eigenvalue weighted by molar-refractivity contribution is 5.69. The molecule has 0 heterocycles. The molecule has 4 rings (SSSR count). The predicted molar refractivity (Wildman–Crippen MR) is 117 cm³/mol. The van der Waals surface area contributed by atoms with E-state index in [1.54, 1.807) is 0 Å². The minimum absolute atomic E-state index is 0.0563. The van der Waals surface area contributed by atoms with Crippen LogP contribution in [-0.2, 0) is 19.1 Å². The van der Waals surface area contributed by atoms with Gasteiger partial charge in [0.05, 0.1) is 0 Å². The van der Waals surface area contributed by atoms with Crippen LogP contribution in [0.1, 0.15) is 98.8 Å². The van der Waals surface area contributed by atoms with Crippen LogP contribution in [0.3, 0.4) is 0 Å². The van der Waals surface area contributed by atoms with Crippen LogP contribution < -0.4 is 0 Å². The van der Waals surface area contributed by atoms with E-state index in [4.69, 9.17) is 9.47 Å². The molecule has 0 aliphatic heterocycles. The molecule has 0 aromatic rings. The number of hydrogen-bond donors (Lipinski definition) is 0. The van der Waals surface area contributed by atoms with Gasteiger partial charge < -0.3 is 9.47 Å². The lowest BCUT2D eigenvalue weighted by Crippen LogP contribution is -2.55. The van der Waals surface area contributed by atoms with E-state index < -0.39 is 0 Å². The van der Waals surface area contributed by atoms with Crippen LogP contribution in [0, 0.1) is 28.6 Å². The first kappa shape index (κ1) is 21.9. The molecule has 3 fully saturated rings. The molecule has 0 aromatic carbocycles. The molecule has 0 saturated heterocycles. The van der Waals surface area contributed by atoms with Crippen LogP contribution >= 0.6 is 0 Å². The number of carbonyl (C=O) groups is 2. The van der Waals surface area contributed by atoms with Crippen molar-refractivity contribution in [3.05, 3.63) is 11.6 Å². The molecule has 3 saturated carbocycles. The molecule has 0 aromatic heterocycles. The number of allylic oxidation sites excluding steroid dienone is 1. The van der Waals surface area contributed by atoms with Crippen LogP contribution in [0.25, 0.3) is 0 Å². The number of carbonyl (C=O) groups excluding carboxylic acids is 2. The number of ether oxygens (including phenoxy) is 2. The number of fused-ring (bicyclic) bond motifs is 5. The molecule has 168 valence electrons. The molecule has 4 nitrogen and oxygen atoms in total. The van der Waals surface area contributed by atoms with Crippen molar-refractivity contribution in [3.8, 4) is 0 Å². The lowest BCUT2D eigenvalue weighted by Gasteiger charge is -2.59. The average Bonchev–Trinajstić information content (AvgIpc) is 2.98. The Morgan fingerprint density at radius 1 is 0.967 bits per heavy atom. The normalized spacial score (nSPS) is 44.9. The zero-order valence-electron chi connectivity index (χ0n) is 19.6. The second-order valence-electron chi connectivity index (χ2n) is 11.0. The van der Waals surface area contributed by atoms with Gasteiger partial charge in [0.15, 0.2) is 0 Å². The molecular weight excluding hydrogens is 376 g/mol. The summed E-state index contributed by atoms with van der Waals surface area (Å²) in [4.78, 5) is 24.0. The van der Waals surface area contributed by atoms with Crippen molar-refractivity contribution in [2.24, 2.45) is 28.6 Å². The van der Waals surface area contributed by atoms with Gasteiger partial charge in [0.2, 0.25) is 0 Å². The Hall–Kier alpha value is -1.32. The summed E-state index contributed by atoms with van der Waals surface area (Å²) in [6.07, 6.45) is 12.1. The summed E-state index contributed by atoms with van der Waals surface area (Å²) < 4.78 is 11.8. The minimum Gasteiger partial charge on any atom is -0.462 e. The minimum atomic E-state index is -0.327. The summed E-state index contributed by atoms with van der Waals surface area (Å²) in [5.41, 5.74) is 1.52. The first-order chi connectivity index (χ1) is 14.2. The maximum atomic E-state index is 12.2. The Morgan fingerprint density at radius 2 is 1.67 bits per heavy atom. The molecule has 7 atom stereocenters. The third-order valence-electron chi connectivity index (χ3n) is 9.80. The lowest BCUT2D eigenvalue weighted by atomic mass is 9.47. The summed E-state index contributed by atoms with van der Waals surface area (Å²) in [7, 11) is 0. The molecule has 0 amide bonds. The Bertz CT molecular complexity index is 741. The van der Waals surface area contributed by atoms with E-state index in [-0.39, 0.29) is 34.5 Å². The number of rotatable bonds is 4. The van der Waals surface area contributed by atoms with Gasteiger partial charge in [-0.2, -0.15) is 0 Å². The van der Waals surface area contributed by atoms with Crippen molar-refractivity contribution in [3.63, 3.8) is 0 Å². The second kappa shape index (κ2) is 7.67. The third kappa shape index (κ3) is 3.24. The largest absolute Gasteiger partial charge is 0.462 e. The van der Waals surface area contributed by atoms with Gasteiger partial charge in [-0.3, -0.25) is 9.59 Å². The summed E-state index contributed by atoms with van der Waals surface area (Å²) in [6.45, 7) is 10.8. The Kier molecular flexibility index (Phi) is 5.60. The average molecular weight is 417 g/mol. The molecule has 4 aliphatic carbocycles. The molecule has 30 heavy (non-hydrogen) atoms. The first-order valence-corrected chi connectivity index (χ1v) is 12.3. The molecule has 0 N–H and O–H groups in total. The number of esters is 2. The van der Waals surface area contributed by atoms with E-state index in [1.807, 2.05) is 13.8 Å². The monoisotopic (exact) mass is 416 g/mol. The summed E-state index contributed by atoms with van der Waals surface area (Å²) in [5.74, 6) is 1.87. The first-order valence-electron chi connectivity index (χ1n) is 12.3. The topological polar surface area (TPSA) is 52.6 Å². The lowest BCUT2D eigenvalue weighted by molar-refractivity contribution is -0.179. The maximum absolute atomic E-state index is 12.2. The zero-order chi connectivity index (χ0) is 21.7. The molecule has 0 bridgehead atoms. The van der Waals surface area contributed by atoms with Gasteiger partial charge in [0.25, 0.3) is 0 Å². The van der Waals surface area contributed by atoms with Gasteiger partial charge in [-0.1, -0.05) is 39.3 Å². The van der Waals surface area contributed by atoms with Gasteiger partial charge in [-0.15, -0.1) is 0 Å². The van der Waals surface area contributed by atoms with Crippen LogP contribution in [0.15, 0.2) is 11.6 Å². The van der Waals surface area contributed by atoms with Crippen LogP contribution in [0.5, 0.6) is 0 Å². The summed E-state index contributed by atoms with van der Waals surface area (Å²) >= 11 is 0. The van der Waals surface area contributed by atoms with Crippen molar-refractivity contribution < 1.29 is 19.1 Å². The molecule has 0 unspecified atom stereocenters. The van der Waals surface area contributed by atoms with Crippen molar-refractivity contribution in [2.75, 3.05) is 0 Å². The Morgan fingerprint density at radius 3 is 2.37 bits per heavy atom. The fourth-order valence-electron chi connectivity index (χ4n) is 7.71. The van der Waals surface area contributed by atoms with E-state index in [1.165, 1.54) is 18.4 Å². The second-order valence-corrected chi connectivity index (χ2v) is 11.0. The van der Waals surface area contributed by atoms with Crippen LogP contribution in [0.4, 0.5) is 0 Å². The van der Waals surface area contributed by atoms with Crippen molar-refractivity contribution in [2.45, 2.75) is 111 Å². The SMILES string of the molecule is CCC(=O)O[C@H]1CC[C@@]2(C)C(=CC[C@@H]3[C@@H]2CC[C@@]2(C)[C@H]3CC[C@]2(C)OC(=O)CC)C1. The quantitative estimate of drug-likeness (QED) is 0.418. The highest BCUT2D eigenvalue weighted by atomic mass is 16.6. The van der Waals surface area contributed by atoms with Gasteiger partial charge in [0, 0.05) is 24.7 Å². The third-order valence-corrected chi connectivity index (χ3v) is 9.80. The fourth-order valence-corrected chi connectivity index (χ4v) is 7.71. The highest BCUT2D eigenvalue weighted by Gasteiger charge is 2.64. The maximum Gasteiger partial charge on any atom is 0.306 e. The fraction of sp³-hybridized carbons (Fsp3) is 0.846. The van der Waals surface area contributed by atoms with Crippen molar-refractivity contribution >= 4 is 11.9 Å². The predicted octanol–water partition coefficient (Wildman–Crippen LogP) is 5.98. The van der Waals surface area contributed by atoms with Gasteiger partial charge >= 0.3 is 11.9 Å². The van der Waals surface area contributed by atoms with Gasteiger partial charge in [-0.25, -0.2) is 0 Å². The smallest absolute Gasteiger partial charge is 0.306 e. The molecule has 4 heteroatoms. The van der Waals surface area contributed by atoms with Gasteiger partial charge in [-0.05, 0) is 75.0 Å². The standard InChI is InChI=1S/C26H40O4/c1-6-22(27)29-18-10-13-24(3)17(16-18)8-9-19-20(24)11-14-25(4)21(19)12-15-26(25,5)30-23(28)7-2/h8,18-21H,6-7,9-16H2,1-5H3/t18-,19+,20-,21-,24-,25-,26-/m0/s1. The summed E-state index contributed by atoms with van der Waals surface area (Å²) in [5, 5.41) is 0. The molecule has 0 radical (unpaired) electrons. The molecule has 0 spiro atoms. The van der Waals surface area contributed by atoms with E-state index in [0.29, 0.717) is 30.6 Å². The van der Waals surface area contributed by atoms with E-state index in [9.17, 15) is 9.59 Å². The Balaban J connectivity index is 1.55. The van der Waals surface area contributed by atoms with Crippen LogP contribution in [0.2, 0.25) is 0 Å². The molecular formula is C26H40O4. The summed E-state index contributed by atoms with van der Waals surface area (Å²) in [6, 6.07) is 0. The Labute approximate surface area is 182 Å². The number of hydrogen-bond acceptors (Lipinski definition) is 4. The van der Waals surface area contributed by atoms with Crippen molar-refractivity contribution in [1.29, 1.82) is 0 Å². The van der Waals surface area contributed by atoms with E-state index in [2.05, 4.69) is 26.8 Å². The van der Waals surface area contributed by atoms with Gasteiger partial charge in [0.1, 0.15) is 11.7 Å². The molecule has 4 aliphatic rings. The zero-order valence-corrected chi connectivity index (χ0v) is 19.6. The highest BCUT2D eigenvalue weighted by Crippen LogP contribution is 2.67. The van der Waals surface area contributed by atoms with Crippen molar-refractivity contribution in [1.82, 2.24) is 0 Å².